The predicted molar refractivity (Wildman–Crippen MR) is 57.0 cm³/mol. The zero-order chi connectivity index (χ0) is 11.3. The molecule has 0 amide bonds. The highest BCUT2D eigenvalue weighted by atomic mass is 19.1. The van der Waals surface area contributed by atoms with Crippen molar-refractivity contribution < 1.29 is 13.2 Å². The number of rotatable bonds is 0. The minimum absolute atomic E-state index is 0.355. The summed E-state index contributed by atoms with van der Waals surface area (Å²) in [5.41, 5.74) is 0.322. The number of fused-ring (bicyclic) bond motifs is 3. The second kappa shape index (κ2) is 2.95. The Kier molecular flexibility index (Phi) is 1.68. The van der Waals surface area contributed by atoms with Crippen molar-refractivity contribution in [3.05, 3.63) is 46.3 Å². The summed E-state index contributed by atoms with van der Waals surface area (Å²) in [4.78, 5) is 11.6. The first-order valence-electron chi connectivity index (χ1n) is 4.77. The van der Waals surface area contributed by atoms with E-state index in [0.717, 1.165) is 0 Å². The van der Waals surface area contributed by atoms with Crippen molar-refractivity contribution in [3.8, 4) is 0 Å². The molecule has 3 rings (SSSR count). The van der Waals surface area contributed by atoms with Crippen LogP contribution in [0.4, 0.5) is 4.39 Å². The third-order valence-electron chi connectivity index (χ3n) is 2.47. The third-order valence-corrected chi connectivity index (χ3v) is 2.47. The lowest BCUT2D eigenvalue weighted by Gasteiger charge is -1.90. The first-order valence-corrected chi connectivity index (χ1v) is 4.77. The monoisotopic (exact) mass is 218 g/mol. The summed E-state index contributed by atoms with van der Waals surface area (Å²) in [6.07, 6.45) is 0. The van der Waals surface area contributed by atoms with E-state index < -0.39 is 11.4 Å². The van der Waals surface area contributed by atoms with Crippen LogP contribution in [0.15, 0.2) is 37.9 Å². The molecular weight excluding hydrogens is 211 g/mol. The molecule has 0 aliphatic heterocycles. The molecule has 0 N–H and O–H groups in total. The van der Waals surface area contributed by atoms with E-state index in [1.807, 2.05) is 0 Å². The smallest absolute Gasteiger partial charge is 0.347 e. The minimum atomic E-state index is -0.458. The molecule has 0 fully saturated rings. The third kappa shape index (κ3) is 1.16. The van der Waals surface area contributed by atoms with Crippen LogP contribution >= 0.6 is 0 Å². The second-order valence-corrected chi connectivity index (χ2v) is 3.63. The molecule has 0 unspecified atom stereocenters. The van der Waals surface area contributed by atoms with E-state index in [9.17, 15) is 9.18 Å². The Balaban J connectivity index is 2.61. The molecule has 0 saturated carbocycles. The topological polar surface area (TPSA) is 43.4 Å². The molecule has 0 spiro atoms. The molecule has 0 aliphatic carbocycles. The maximum atomic E-state index is 13.0. The summed E-state index contributed by atoms with van der Waals surface area (Å²) in [7, 11) is 0. The van der Waals surface area contributed by atoms with E-state index in [-0.39, 0.29) is 0 Å². The SMILES string of the molecule is Cc1cc2oc3cc(F)ccc3c2c(=O)o1. The lowest BCUT2D eigenvalue weighted by Crippen LogP contribution is -1.98. The van der Waals surface area contributed by atoms with E-state index in [2.05, 4.69) is 0 Å². The number of halogens is 1. The summed E-state index contributed by atoms with van der Waals surface area (Å²) in [5.74, 6) is 0.0738. The first kappa shape index (κ1) is 9.15. The Hall–Kier alpha value is -2.10. The van der Waals surface area contributed by atoms with Gasteiger partial charge in [0.2, 0.25) is 0 Å². The number of aryl methyl sites for hydroxylation is 1. The van der Waals surface area contributed by atoms with Crippen LogP contribution in [0.25, 0.3) is 21.9 Å². The van der Waals surface area contributed by atoms with Crippen molar-refractivity contribution in [1.29, 1.82) is 0 Å². The van der Waals surface area contributed by atoms with Gasteiger partial charge in [-0.25, -0.2) is 9.18 Å². The lowest BCUT2D eigenvalue weighted by atomic mass is 10.2. The molecule has 2 aromatic heterocycles. The molecule has 0 atom stereocenters. The fourth-order valence-corrected chi connectivity index (χ4v) is 1.81. The molecule has 3 nitrogen and oxygen atoms in total. The van der Waals surface area contributed by atoms with Crippen molar-refractivity contribution in [3.63, 3.8) is 0 Å². The molecule has 1 aromatic carbocycles. The van der Waals surface area contributed by atoms with Gasteiger partial charge >= 0.3 is 5.63 Å². The highest BCUT2D eigenvalue weighted by molar-refractivity contribution is 6.04. The van der Waals surface area contributed by atoms with E-state index in [1.165, 1.54) is 18.2 Å². The molecular formula is C12H7FO3. The van der Waals surface area contributed by atoms with Gasteiger partial charge in [-0.3, -0.25) is 0 Å². The average Bonchev–Trinajstić information content (AvgIpc) is 2.54. The quantitative estimate of drug-likeness (QED) is 0.582. The number of hydrogen-bond acceptors (Lipinski definition) is 3. The maximum absolute atomic E-state index is 13.0. The van der Waals surface area contributed by atoms with Crippen molar-refractivity contribution >= 4 is 21.9 Å². The summed E-state index contributed by atoms with van der Waals surface area (Å²) in [5, 5.41) is 0.936. The Morgan fingerprint density at radius 2 is 1.94 bits per heavy atom. The fraction of sp³-hybridized carbons (Fsp3) is 0.0833. The van der Waals surface area contributed by atoms with Crippen LogP contribution < -0.4 is 5.63 Å². The van der Waals surface area contributed by atoms with Crippen LogP contribution in [0.3, 0.4) is 0 Å². The van der Waals surface area contributed by atoms with Gasteiger partial charge in [0, 0.05) is 17.5 Å². The highest BCUT2D eigenvalue weighted by Gasteiger charge is 2.12. The molecule has 2 heterocycles. The Morgan fingerprint density at radius 3 is 2.75 bits per heavy atom. The van der Waals surface area contributed by atoms with Crippen LogP contribution in [0.1, 0.15) is 5.76 Å². The second-order valence-electron chi connectivity index (χ2n) is 3.63. The van der Waals surface area contributed by atoms with Gasteiger partial charge in [0.25, 0.3) is 0 Å². The first-order chi connectivity index (χ1) is 7.65. The Bertz CT molecular complexity index is 752. The molecule has 4 heteroatoms. The van der Waals surface area contributed by atoms with Gasteiger partial charge in [0.05, 0.1) is 0 Å². The molecule has 0 bridgehead atoms. The van der Waals surface area contributed by atoms with E-state index in [4.69, 9.17) is 8.83 Å². The standard InChI is InChI=1S/C12H7FO3/c1-6-4-10-11(12(14)15-6)8-3-2-7(13)5-9(8)16-10/h2-5H,1H3. The summed E-state index contributed by atoms with van der Waals surface area (Å²) in [6.45, 7) is 1.66. The van der Waals surface area contributed by atoms with Crippen LogP contribution in [0.2, 0.25) is 0 Å². The molecule has 16 heavy (non-hydrogen) atoms. The van der Waals surface area contributed by atoms with Gasteiger partial charge in [0.15, 0.2) is 0 Å². The Morgan fingerprint density at radius 1 is 1.12 bits per heavy atom. The van der Waals surface area contributed by atoms with Crippen molar-refractivity contribution in [2.24, 2.45) is 0 Å². The van der Waals surface area contributed by atoms with E-state index in [0.29, 0.717) is 27.7 Å². The summed E-state index contributed by atoms with van der Waals surface area (Å²) < 4.78 is 23.4. The predicted octanol–water partition coefficient (Wildman–Crippen LogP) is 2.99. The van der Waals surface area contributed by atoms with Crippen LogP contribution in [-0.2, 0) is 0 Å². The van der Waals surface area contributed by atoms with E-state index in [1.54, 1.807) is 13.0 Å². The Labute approximate surface area is 89.1 Å². The molecule has 3 aromatic rings. The van der Waals surface area contributed by atoms with Gasteiger partial charge in [-0.05, 0) is 19.1 Å². The van der Waals surface area contributed by atoms with Crippen molar-refractivity contribution in [1.82, 2.24) is 0 Å². The average molecular weight is 218 g/mol. The zero-order valence-electron chi connectivity index (χ0n) is 8.41. The molecule has 0 aliphatic rings. The van der Waals surface area contributed by atoms with Crippen molar-refractivity contribution in [2.45, 2.75) is 6.92 Å². The fourth-order valence-electron chi connectivity index (χ4n) is 1.81. The highest BCUT2D eigenvalue weighted by Crippen LogP contribution is 2.27. The van der Waals surface area contributed by atoms with Gasteiger partial charge in [-0.15, -0.1) is 0 Å². The molecule has 0 saturated heterocycles. The van der Waals surface area contributed by atoms with Gasteiger partial charge in [-0.2, -0.15) is 0 Å². The van der Waals surface area contributed by atoms with Gasteiger partial charge in [0.1, 0.15) is 28.1 Å². The van der Waals surface area contributed by atoms with Crippen molar-refractivity contribution in [2.75, 3.05) is 0 Å². The van der Waals surface area contributed by atoms with Gasteiger partial charge < -0.3 is 8.83 Å². The van der Waals surface area contributed by atoms with Crippen LogP contribution in [-0.4, -0.2) is 0 Å². The number of furan rings is 1. The molecule has 80 valence electrons. The normalized spacial score (nSPS) is 11.4. The lowest BCUT2D eigenvalue weighted by molar-refractivity contribution is 0.486. The zero-order valence-corrected chi connectivity index (χ0v) is 8.41. The maximum Gasteiger partial charge on any atom is 0.347 e. The summed E-state index contributed by atoms with van der Waals surface area (Å²) >= 11 is 0. The largest absolute Gasteiger partial charge is 0.456 e. The minimum Gasteiger partial charge on any atom is -0.456 e. The van der Waals surface area contributed by atoms with E-state index >= 15 is 0 Å². The van der Waals surface area contributed by atoms with Crippen LogP contribution in [0, 0.1) is 12.7 Å². The molecule has 0 radical (unpaired) electrons. The van der Waals surface area contributed by atoms with Gasteiger partial charge in [-0.1, -0.05) is 0 Å². The van der Waals surface area contributed by atoms with Crippen LogP contribution in [0.5, 0.6) is 0 Å². The number of benzene rings is 1. The summed E-state index contributed by atoms with van der Waals surface area (Å²) in [6, 6.07) is 5.68. The number of hydrogen-bond donors (Lipinski definition) is 0.